The second-order valence-electron chi connectivity index (χ2n) is 6.12. The normalized spacial score (nSPS) is 18.8. The molecule has 0 radical (unpaired) electrons. The molecule has 1 fully saturated rings. The van der Waals surface area contributed by atoms with Crippen LogP contribution in [-0.2, 0) is 11.3 Å². The van der Waals surface area contributed by atoms with Crippen molar-refractivity contribution in [3.63, 3.8) is 0 Å². The Bertz CT molecular complexity index is 853. The van der Waals surface area contributed by atoms with Crippen LogP contribution in [0.25, 0.3) is 0 Å². The summed E-state index contributed by atoms with van der Waals surface area (Å²) < 4.78 is 14.1. The standard InChI is InChI=1S/C20H19BrFN3OS/c1-2-3-18-19(26)25(13-15-6-10-17(22)11-7-15)20(27-18)24-23-12-14-4-8-16(21)9-5-14/h4-12,18H,2-3,13H2,1H3/b23-12+,24-20+. The number of carbonyl (C=O) groups excluding carboxylic acids is 1. The molecule has 1 amide bonds. The number of nitrogens with zero attached hydrogens (tertiary/aromatic N) is 3. The van der Waals surface area contributed by atoms with Gasteiger partial charge in [-0.25, -0.2) is 4.39 Å². The number of benzene rings is 2. The van der Waals surface area contributed by atoms with Crippen molar-refractivity contribution in [2.24, 2.45) is 10.2 Å². The van der Waals surface area contributed by atoms with Crippen molar-refractivity contribution < 1.29 is 9.18 Å². The Labute approximate surface area is 170 Å². The van der Waals surface area contributed by atoms with Crippen LogP contribution in [0.2, 0.25) is 0 Å². The molecule has 0 aliphatic carbocycles. The zero-order chi connectivity index (χ0) is 19.2. The lowest BCUT2D eigenvalue weighted by Gasteiger charge is -2.15. The fourth-order valence-electron chi connectivity index (χ4n) is 2.64. The molecule has 1 atom stereocenters. The predicted octanol–water partition coefficient (Wildman–Crippen LogP) is 5.22. The summed E-state index contributed by atoms with van der Waals surface area (Å²) in [5.41, 5.74) is 1.78. The van der Waals surface area contributed by atoms with Gasteiger partial charge in [0.05, 0.1) is 18.0 Å². The van der Waals surface area contributed by atoms with Crippen molar-refractivity contribution in [1.82, 2.24) is 4.90 Å². The van der Waals surface area contributed by atoms with E-state index in [1.54, 1.807) is 23.2 Å². The third-order valence-corrected chi connectivity index (χ3v) is 5.81. The first-order valence-electron chi connectivity index (χ1n) is 8.66. The highest BCUT2D eigenvalue weighted by Crippen LogP contribution is 2.31. The molecule has 1 saturated heterocycles. The Morgan fingerprint density at radius 2 is 1.89 bits per heavy atom. The maximum Gasteiger partial charge on any atom is 0.242 e. The average molecular weight is 448 g/mol. The summed E-state index contributed by atoms with van der Waals surface area (Å²) in [5, 5.41) is 8.89. The van der Waals surface area contributed by atoms with E-state index in [0.29, 0.717) is 11.7 Å². The molecule has 0 aromatic heterocycles. The zero-order valence-corrected chi connectivity index (χ0v) is 17.2. The van der Waals surface area contributed by atoms with Crippen LogP contribution < -0.4 is 0 Å². The summed E-state index contributed by atoms with van der Waals surface area (Å²) in [6.07, 6.45) is 3.37. The molecule has 1 heterocycles. The van der Waals surface area contributed by atoms with Gasteiger partial charge >= 0.3 is 0 Å². The van der Waals surface area contributed by atoms with Gasteiger partial charge in [0.15, 0.2) is 5.17 Å². The quantitative estimate of drug-likeness (QED) is 0.449. The molecule has 2 aromatic rings. The van der Waals surface area contributed by atoms with Crippen molar-refractivity contribution in [2.45, 2.75) is 31.6 Å². The van der Waals surface area contributed by atoms with Gasteiger partial charge in [-0.3, -0.25) is 9.69 Å². The maximum absolute atomic E-state index is 13.1. The summed E-state index contributed by atoms with van der Waals surface area (Å²) in [6, 6.07) is 13.9. The molecule has 0 bridgehead atoms. The number of amides is 1. The second-order valence-corrected chi connectivity index (χ2v) is 8.21. The van der Waals surface area contributed by atoms with Crippen LogP contribution in [-0.4, -0.2) is 27.4 Å². The topological polar surface area (TPSA) is 45.0 Å². The first-order valence-corrected chi connectivity index (χ1v) is 10.3. The van der Waals surface area contributed by atoms with E-state index in [1.165, 1.54) is 23.9 Å². The molecule has 3 rings (SSSR count). The first kappa shape index (κ1) is 19.8. The largest absolute Gasteiger partial charge is 0.284 e. The number of halogens is 2. The Hall–Kier alpha value is -1.99. The van der Waals surface area contributed by atoms with E-state index >= 15 is 0 Å². The molecule has 7 heteroatoms. The molecule has 1 unspecified atom stereocenters. The molecule has 1 aliphatic rings. The van der Waals surface area contributed by atoms with E-state index in [2.05, 4.69) is 33.1 Å². The van der Waals surface area contributed by atoms with Gasteiger partial charge in [-0.2, -0.15) is 5.10 Å². The monoisotopic (exact) mass is 447 g/mol. The van der Waals surface area contributed by atoms with Crippen molar-refractivity contribution in [1.29, 1.82) is 0 Å². The highest BCUT2D eigenvalue weighted by atomic mass is 79.9. The molecular weight excluding hydrogens is 429 g/mol. The number of thioether (sulfide) groups is 1. The number of amidine groups is 1. The Kier molecular flexibility index (Phi) is 6.79. The lowest BCUT2D eigenvalue weighted by atomic mass is 10.2. The third kappa shape index (κ3) is 5.26. The molecule has 0 N–H and O–H groups in total. The van der Waals surface area contributed by atoms with E-state index in [0.717, 1.165) is 28.4 Å². The van der Waals surface area contributed by atoms with Crippen molar-refractivity contribution in [2.75, 3.05) is 0 Å². The van der Waals surface area contributed by atoms with E-state index < -0.39 is 0 Å². The fraction of sp³-hybridized carbons (Fsp3) is 0.250. The molecule has 0 spiro atoms. The van der Waals surface area contributed by atoms with Gasteiger partial charge in [0.2, 0.25) is 5.91 Å². The summed E-state index contributed by atoms with van der Waals surface area (Å²) in [6.45, 7) is 2.41. The van der Waals surface area contributed by atoms with Gasteiger partial charge in [0, 0.05) is 4.47 Å². The summed E-state index contributed by atoms with van der Waals surface area (Å²) in [4.78, 5) is 14.4. The SMILES string of the molecule is CCCC1S/C(=N/N=C/c2ccc(Br)cc2)N(Cc2ccc(F)cc2)C1=O. The van der Waals surface area contributed by atoms with Crippen LogP contribution in [0, 0.1) is 5.82 Å². The molecule has 140 valence electrons. The third-order valence-electron chi connectivity index (χ3n) is 4.04. The van der Waals surface area contributed by atoms with E-state index in [9.17, 15) is 9.18 Å². The second kappa shape index (κ2) is 9.28. The van der Waals surface area contributed by atoms with E-state index in [1.807, 2.05) is 24.3 Å². The lowest BCUT2D eigenvalue weighted by molar-refractivity contribution is -0.126. The Balaban J connectivity index is 1.79. The van der Waals surface area contributed by atoms with Gasteiger partial charge in [-0.15, -0.1) is 5.10 Å². The summed E-state index contributed by atoms with van der Waals surface area (Å²) >= 11 is 4.84. The lowest BCUT2D eigenvalue weighted by Crippen LogP contribution is -2.31. The van der Waals surface area contributed by atoms with Gasteiger partial charge in [-0.1, -0.05) is 65.3 Å². The highest BCUT2D eigenvalue weighted by Gasteiger charge is 2.37. The van der Waals surface area contributed by atoms with Crippen LogP contribution in [0.4, 0.5) is 4.39 Å². The minimum absolute atomic E-state index is 0.0313. The number of carbonyl (C=O) groups is 1. The summed E-state index contributed by atoms with van der Waals surface area (Å²) in [5.74, 6) is -0.263. The van der Waals surface area contributed by atoms with Gasteiger partial charge in [-0.05, 0) is 41.8 Å². The molecule has 4 nitrogen and oxygen atoms in total. The van der Waals surface area contributed by atoms with E-state index in [-0.39, 0.29) is 17.0 Å². The van der Waals surface area contributed by atoms with Crippen LogP contribution in [0.15, 0.2) is 63.2 Å². The number of hydrogen-bond acceptors (Lipinski definition) is 4. The zero-order valence-electron chi connectivity index (χ0n) is 14.8. The molecule has 0 saturated carbocycles. The number of rotatable bonds is 6. The highest BCUT2D eigenvalue weighted by molar-refractivity contribution is 9.10. The molecule has 1 aliphatic heterocycles. The predicted molar refractivity (Wildman–Crippen MR) is 112 cm³/mol. The maximum atomic E-state index is 13.1. The Morgan fingerprint density at radius 1 is 1.19 bits per heavy atom. The minimum Gasteiger partial charge on any atom is -0.284 e. The Morgan fingerprint density at radius 3 is 2.56 bits per heavy atom. The molecule has 27 heavy (non-hydrogen) atoms. The molecule has 2 aromatic carbocycles. The first-order chi connectivity index (χ1) is 13.1. The average Bonchev–Trinajstić information content (AvgIpc) is 2.94. The minimum atomic E-state index is -0.294. The smallest absolute Gasteiger partial charge is 0.242 e. The summed E-state index contributed by atoms with van der Waals surface area (Å²) in [7, 11) is 0. The van der Waals surface area contributed by atoms with Crippen molar-refractivity contribution >= 4 is 45.0 Å². The van der Waals surface area contributed by atoms with Crippen LogP contribution in [0.5, 0.6) is 0 Å². The van der Waals surface area contributed by atoms with E-state index in [4.69, 9.17) is 0 Å². The number of hydrogen-bond donors (Lipinski definition) is 0. The van der Waals surface area contributed by atoms with Crippen LogP contribution in [0.1, 0.15) is 30.9 Å². The van der Waals surface area contributed by atoms with Crippen molar-refractivity contribution in [3.05, 3.63) is 69.9 Å². The van der Waals surface area contributed by atoms with Gasteiger partial charge in [0.25, 0.3) is 0 Å². The van der Waals surface area contributed by atoms with Crippen LogP contribution >= 0.6 is 27.7 Å². The fourth-order valence-corrected chi connectivity index (χ4v) is 4.12. The van der Waals surface area contributed by atoms with Gasteiger partial charge < -0.3 is 0 Å². The molecular formula is C20H19BrFN3OS. The van der Waals surface area contributed by atoms with Crippen LogP contribution in [0.3, 0.4) is 0 Å². The van der Waals surface area contributed by atoms with Crippen molar-refractivity contribution in [3.8, 4) is 0 Å². The van der Waals surface area contributed by atoms with Gasteiger partial charge in [0.1, 0.15) is 5.82 Å².